The van der Waals surface area contributed by atoms with E-state index >= 15 is 0 Å². The Bertz CT molecular complexity index is 1360. The van der Waals surface area contributed by atoms with E-state index in [1.807, 2.05) is 0 Å². The van der Waals surface area contributed by atoms with E-state index in [0.29, 0.717) is 22.5 Å². The van der Waals surface area contributed by atoms with Crippen LogP contribution >= 0.6 is 0 Å². The number of carbonyl (C=O) groups excluding carboxylic acids is 3. The third-order valence-electron chi connectivity index (χ3n) is 5.43. The standard InChI is InChI=1S/C20H17N5O5S/c26-17-7-6-15(19(27)22-17)25-11-12-9-13(4-5-14(12)20(25)28)23-31(29,30)18-10-21-16-3-1-2-8-24(16)18/h1-5,8-10,15,23H,6-7,11H2,(H,22,26,27). The molecule has 2 aliphatic heterocycles. The van der Waals surface area contributed by atoms with E-state index in [9.17, 15) is 22.8 Å². The van der Waals surface area contributed by atoms with Crippen LogP contribution < -0.4 is 10.0 Å². The number of nitrogens with one attached hydrogen (secondary N) is 2. The molecule has 158 valence electrons. The lowest BCUT2D eigenvalue weighted by Crippen LogP contribution is -2.52. The molecule has 2 N–H and O–H groups in total. The number of imide groups is 1. The summed E-state index contributed by atoms with van der Waals surface area (Å²) in [6.45, 7) is 0.158. The van der Waals surface area contributed by atoms with Crippen molar-refractivity contribution in [1.29, 1.82) is 0 Å². The van der Waals surface area contributed by atoms with Crippen molar-refractivity contribution < 1.29 is 22.8 Å². The number of piperidine rings is 1. The van der Waals surface area contributed by atoms with E-state index in [1.165, 1.54) is 27.6 Å². The predicted molar refractivity (Wildman–Crippen MR) is 108 cm³/mol. The topological polar surface area (TPSA) is 130 Å². The smallest absolute Gasteiger partial charge is 0.279 e. The number of aromatic nitrogens is 2. The van der Waals surface area contributed by atoms with E-state index in [-0.39, 0.29) is 36.2 Å². The molecule has 4 heterocycles. The van der Waals surface area contributed by atoms with Gasteiger partial charge in [-0.1, -0.05) is 6.07 Å². The van der Waals surface area contributed by atoms with Crippen LogP contribution in [0.2, 0.25) is 0 Å². The predicted octanol–water partition coefficient (Wildman–Crippen LogP) is 0.896. The highest BCUT2D eigenvalue weighted by atomic mass is 32.2. The van der Waals surface area contributed by atoms with Gasteiger partial charge in [0.05, 0.1) is 6.20 Å². The molecule has 31 heavy (non-hydrogen) atoms. The van der Waals surface area contributed by atoms with Gasteiger partial charge in [0.25, 0.3) is 15.9 Å². The molecule has 1 unspecified atom stereocenters. The molecule has 3 aromatic rings. The van der Waals surface area contributed by atoms with Gasteiger partial charge in [-0.15, -0.1) is 0 Å². The van der Waals surface area contributed by atoms with Crippen molar-refractivity contribution in [2.45, 2.75) is 30.5 Å². The number of hydrogen-bond donors (Lipinski definition) is 2. The Labute approximate surface area is 176 Å². The number of amides is 3. The Kier molecular flexibility index (Phi) is 4.29. The Hall–Kier alpha value is -3.73. The van der Waals surface area contributed by atoms with Gasteiger partial charge in [0, 0.05) is 30.4 Å². The van der Waals surface area contributed by atoms with Crippen molar-refractivity contribution in [2.75, 3.05) is 4.72 Å². The molecule has 0 bridgehead atoms. The second kappa shape index (κ2) is 6.91. The number of sulfonamides is 1. The number of carbonyl (C=O) groups is 3. The van der Waals surface area contributed by atoms with E-state index in [2.05, 4.69) is 15.0 Å². The summed E-state index contributed by atoms with van der Waals surface area (Å²) in [6.07, 6.45) is 3.31. The van der Waals surface area contributed by atoms with Crippen molar-refractivity contribution >= 4 is 39.1 Å². The fourth-order valence-electron chi connectivity index (χ4n) is 3.95. The molecule has 1 fully saturated rings. The van der Waals surface area contributed by atoms with Gasteiger partial charge in [-0.05, 0) is 42.3 Å². The lowest BCUT2D eigenvalue weighted by Gasteiger charge is -2.29. The monoisotopic (exact) mass is 439 g/mol. The molecule has 1 saturated heterocycles. The maximum atomic E-state index is 12.9. The third kappa shape index (κ3) is 3.22. The third-order valence-corrected chi connectivity index (χ3v) is 6.79. The average molecular weight is 439 g/mol. The van der Waals surface area contributed by atoms with Crippen molar-refractivity contribution in [3.05, 3.63) is 59.9 Å². The molecule has 0 radical (unpaired) electrons. The van der Waals surface area contributed by atoms with Crippen LogP contribution in [-0.4, -0.2) is 46.5 Å². The molecule has 2 aromatic heterocycles. The van der Waals surface area contributed by atoms with Gasteiger partial charge in [0.1, 0.15) is 11.7 Å². The van der Waals surface area contributed by atoms with Gasteiger partial charge < -0.3 is 4.90 Å². The first-order chi connectivity index (χ1) is 14.8. The fraction of sp³-hybridized carbons (Fsp3) is 0.200. The minimum atomic E-state index is -3.93. The fourth-order valence-corrected chi connectivity index (χ4v) is 5.10. The maximum absolute atomic E-state index is 12.9. The zero-order valence-electron chi connectivity index (χ0n) is 16.1. The number of rotatable bonds is 4. The molecule has 10 nitrogen and oxygen atoms in total. The SMILES string of the molecule is O=C1CCC(N2Cc3cc(NS(=O)(=O)c4cnc5ccccn45)ccc3C2=O)C(=O)N1. The minimum Gasteiger partial charge on any atom is -0.322 e. The van der Waals surface area contributed by atoms with Gasteiger partial charge in [-0.2, -0.15) is 8.42 Å². The number of anilines is 1. The van der Waals surface area contributed by atoms with E-state index in [1.54, 1.807) is 30.5 Å². The van der Waals surface area contributed by atoms with Crippen LogP contribution in [0.15, 0.2) is 53.8 Å². The lowest BCUT2D eigenvalue weighted by atomic mass is 10.0. The summed E-state index contributed by atoms with van der Waals surface area (Å²) >= 11 is 0. The van der Waals surface area contributed by atoms with Gasteiger partial charge in [-0.3, -0.25) is 28.8 Å². The summed E-state index contributed by atoms with van der Waals surface area (Å²) in [7, 11) is -3.93. The summed E-state index contributed by atoms with van der Waals surface area (Å²) in [5.74, 6) is -1.17. The first-order valence-electron chi connectivity index (χ1n) is 9.56. The van der Waals surface area contributed by atoms with Crippen LogP contribution in [0.25, 0.3) is 5.65 Å². The number of fused-ring (bicyclic) bond motifs is 2. The minimum absolute atomic E-state index is 0.00940. The maximum Gasteiger partial charge on any atom is 0.279 e. The van der Waals surface area contributed by atoms with Crippen LogP contribution in [0.5, 0.6) is 0 Å². The van der Waals surface area contributed by atoms with E-state index < -0.39 is 22.0 Å². The molecule has 1 aromatic carbocycles. The molecule has 0 spiro atoms. The van der Waals surface area contributed by atoms with Gasteiger partial charge in [0.2, 0.25) is 11.8 Å². The highest BCUT2D eigenvalue weighted by molar-refractivity contribution is 7.92. The average Bonchev–Trinajstić information content (AvgIpc) is 3.30. The molecule has 0 aliphatic carbocycles. The van der Waals surface area contributed by atoms with Crippen LogP contribution in [0.3, 0.4) is 0 Å². The molecule has 1 atom stereocenters. The lowest BCUT2D eigenvalue weighted by molar-refractivity contribution is -0.136. The van der Waals surface area contributed by atoms with Crippen LogP contribution in [0.1, 0.15) is 28.8 Å². The highest BCUT2D eigenvalue weighted by Gasteiger charge is 2.39. The molecular weight excluding hydrogens is 422 g/mol. The first-order valence-corrected chi connectivity index (χ1v) is 11.0. The second-order valence-electron chi connectivity index (χ2n) is 7.40. The van der Waals surface area contributed by atoms with Crippen LogP contribution in [-0.2, 0) is 26.2 Å². The summed E-state index contributed by atoms with van der Waals surface area (Å²) in [4.78, 5) is 41.8. The second-order valence-corrected chi connectivity index (χ2v) is 9.03. The molecule has 2 aliphatic rings. The molecule has 11 heteroatoms. The van der Waals surface area contributed by atoms with Gasteiger partial charge >= 0.3 is 0 Å². The largest absolute Gasteiger partial charge is 0.322 e. The normalized spacial score (nSPS) is 18.9. The zero-order valence-corrected chi connectivity index (χ0v) is 16.9. The highest BCUT2D eigenvalue weighted by Crippen LogP contribution is 2.30. The molecule has 5 rings (SSSR count). The Balaban J connectivity index is 1.40. The van der Waals surface area contributed by atoms with Crippen molar-refractivity contribution in [1.82, 2.24) is 19.6 Å². The van der Waals surface area contributed by atoms with E-state index in [4.69, 9.17) is 0 Å². The Morgan fingerprint density at radius 1 is 1.13 bits per heavy atom. The zero-order chi connectivity index (χ0) is 21.8. The van der Waals surface area contributed by atoms with Crippen molar-refractivity contribution in [3.63, 3.8) is 0 Å². The number of hydrogen-bond acceptors (Lipinski definition) is 6. The molecule has 0 saturated carbocycles. The Morgan fingerprint density at radius 2 is 1.97 bits per heavy atom. The van der Waals surface area contributed by atoms with E-state index in [0.717, 1.165) is 0 Å². The number of benzene rings is 1. The van der Waals surface area contributed by atoms with Crippen molar-refractivity contribution in [3.8, 4) is 0 Å². The van der Waals surface area contributed by atoms with Crippen LogP contribution in [0, 0.1) is 0 Å². The summed E-state index contributed by atoms with van der Waals surface area (Å²) in [6, 6.07) is 9.07. The summed E-state index contributed by atoms with van der Waals surface area (Å²) in [5.41, 5.74) is 1.81. The van der Waals surface area contributed by atoms with Gasteiger partial charge in [-0.25, -0.2) is 4.98 Å². The number of nitrogens with zero attached hydrogens (tertiary/aromatic N) is 3. The summed E-state index contributed by atoms with van der Waals surface area (Å²) in [5, 5.41) is 2.25. The molecule has 3 amide bonds. The van der Waals surface area contributed by atoms with Crippen molar-refractivity contribution in [2.24, 2.45) is 0 Å². The quantitative estimate of drug-likeness (QED) is 0.581. The van der Waals surface area contributed by atoms with Crippen LogP contribution in [0.4, 0.5) is 5.69 Å². The Morgan fingerprint density at radius 3 is 2.77 bits per heavy atom. The number of pyridine rings is 1. The number of imidazole rings is 1. The first kappa shape index (κ1) is 19.2. The molecular formula is C20H17N5O5S. The van der Waals surface area contributed by atoms with Gasteiger partial charge in [0.15, 0.2) is 5.03 Å². The summed E-state index contributed by atoms with van der Waals surface area (Å²) < 4.78 is 29.8.